The van der Waals surface area contributed by atoms with Crippen LogP contribution in [0.15, 0.2) is 24.3 Å². The highest BCUT2D eigenvalue weighted by atomic mass is 16.2. The number of amides is 3. The van der Waals surface area contributed by atoms with Gasteiger partial charge in [-0.2, -0.15) is 0 Å². The van der Waals surface area contributed by atoms with Gasteiger partial charge >= 0.3 is 0 Å². The minimum atomic E-state index is -0.336. The quantitative estimate of drug-likeness (QED) is 0.784. The molecule has 1 aromatic rings. The second kappa shape index (κ2) is 6.77. The van der Waals surface area contributed by atoms with E-state index in [2.05, 4.69) is 19.2 Å². The number of anilines is 1. The average molecular weight is 368 g/mol. The zero-order chi connectivity index (χ0) is 19.2. The minimum absolute atomic E-state index is 0.104. The van der Waals surface area contributed by atoms with Gasteiger partial charge in [0.25, 0.3) is 0 Å². The van der Waals surface area contributed by atoms with E-state index in [1.165, 1.54) is 24.8 Å². The lowest BCUT2D eigenvalue weighted by Crippen LogP contribution is -2.44. The average Bonchev–Trinajstić information content (AvgIpc) is 3.34. The number of imide groups is 1. The van der Waals surface area contributed by atoms with Crippen LogP contribution in [-0.4, -0.2) is 29.7 Å². The van der Waals surface area contributed by atoms with Gasteiger partial charge in [-0.1, -0.05) is 26.0 Å². The van der Waals surface area contributed by atoms with Crippen molar-refractivity contribution in [1.29, 1.82) is 0 Å². The molecular weight excluding hydrogens is 340 g/mol. The fourth-order valence-electron chi connectivity index (χ4n) is 5.97. The lowest BCUT2D eigenvalue weighted by molar-refractivity contribution is -0.146. The number of benzene rings is 1. The summed E-state index contributed by atoms with van der Waals surface area (Å²) in [5.41, 5.74) is 2.25. The Morgan fingerprint density at radius 1 is 1.19 bits per heavy atom. The van der Waals surface area contributed by atoms with E-state index in [-0.39, 0.29) is 24.3 Å². The van der Waals surface area contributed by atoms with Gasteiger partial charge in [0, 0.05) is 11.6 Å². The first-order valence-corrected chi connectivity index (χ1v) is 10.1. The monoisotopic (exact) mass is 368 g/mol. The molecule has 4 atom stereocenters. The molecule has 3 saturated carbocycles. The summed E-state index contributed by atoms with van der Waals surface area (Å²) in [4.78, 5) is 38.1. The maximum atomic E-state index is 13.1. The van der Waals surface area contributed by atoms with Gasteiger partial charge in [0.15, 0.2) is 0 Å². The molecule has 144 valence electrons. The highest BCUT2D eigenvalue weighted by Gasteiger charge is 2.69. The van der Waals surface area contributed by atoms with Crippen LogP contribution in [0.5, 0.6) is 0 Å². The largest absolute Gasteiger partial charge is 0.325 e. The summed E-state index contributed by atoms with van der Waals surface area (Å²) in [5.74, 6) is 0.732. The maximum Gasteiger partial charge on any atom is 0.244 e. The first-order valence-electron chi connectivity index (χ1n) is 10.1. The highest BCUT2D eigenvalue weighted by Crippen LogP contribution is 2.74. The molecule has 0 aliphatic heterocycles. The summed E-state index contributed by atoms with van der Waals surface area (Å²) in [5, 5.41) is 2.79. The Balaban J connectivity index is 1.40. The van der Waals surface area contributed by atoms with Crippen LogP contribution in [0.1, 0.15) is 45.1 Å². The number of hydrogen-bond acceptors (Lipinski definition) is 3. The van der Waals surface area contributed by atoms with Crippen LogP contribution in [0.25, 0.3) is 0 Å². The predicted octanol–water partition coefficient (Wildman–Crippen LogP) is 3.24. The number of nitrogens with zero attached hydrogens (tertiary/aromatic N) is 1. The second-order valence-corrected chi connectivity index (χ2v) is 8.58. The molecule has 3 aliphatic carbocycles. The Morgan fingerprint density at radius 2 is 1.85 bits per heavy atom. The van der Waals surface area contributed by atoms with Crippen molar-refractivity contribution >= 4 is 23.9 Å². The standard InChI is InChI=1S/C22H28N2O3/c1-3-15-4-6-16(7-5-15)23-19(26)12-24(13-25)21(27)20-14(2)17-8-9-18(20)22(17)10-11-22/h4-7,13-14,17-18,20H,3,8-12H2,1-2H3,(H,23,26). The minimum Gasteiger partial charge on any atom is -0.325 e. The summed E-state index contributed by atoms with van der Waals surface area (Å²) in [6, 6.07) is 7.62. The van der Waals surface area contributed by atoms with Gasteiger partial charge < -0.3 is 5.32 Å². The van der Waals surface area contributed by atoms with E-state index in [4.69, 9.17) is 0 Å². The molecular formula is C22H28N2O3. The fourth-order valence-corrected chi connectivity index (χ4v) is 5.97. The molecule has 3 amide bonds. The lowest BCUT2D eigenvalue weighted by atomic mass is 9.79. The smallest absolute Gasteiger partial charge is 0.244 e. The zero-order valence-electron chi connectivity index (χ0n) is 16.1. The van der Waals surface area contributed by atoms with Crippen LogP contribution in [0, 0.1) is 29.1 Å². The van der Waals surface area contributed by atoms with Crippen LogP contribution < -0.4 is 5.32 Å². The predicted molar refractivity (Wildman–Crippen MR) is 103 cm³/mol. The van der Waals surface area contributed by atoms with Crippen molar-refractivity contribution in [3.63, 3.8) is 0 Å². The normalized spacial score (nSPS) is 29.6. The van der Waals surface area contributed by atoms with E-state index in [1.807, 2.05) is 24.3 Å². The molecule has 1 aromatic carbocycles. The Bertz CT molecular complexity index is 753. The van der Waals surface area contributed by atoms with E-state index >= 15 is 0 Å². The Labute approximate surface area is 160 Å². The lowest BCUT2D eigenvalue weighted by Gasteiger charge is -2.29. The molecule has 0 radical (unpaired) electrons. The van der Waals surface area contributed by atoms with Crippen molar-refractivity contribution in [2.24, 2.45) is 29.1 Å². The Hall–Kier alpha value is -2.17. The molecule has 0 heterocycles. The third-order valence-corrected chi connectivity index (χ3v) is 7.38. The molecule has 4 rings (SSSR count). The highest BCUT2D eigenvalue weighted by molar-refractivity contribution is 5.98. The van der Waals surface area contributed by atoms with Crippen molar-refractivity contribution in [3.8, 4) is 0 Å². The van der Waals surface area contributed by atoms with Crippen LogP contribution in [0.2, 0.25) is 0 Å². The molecule has 3 aliphatic rings. The van der Waals surface area contributed by atoms with Crippen LogP contribution >= 0.6 is 0 Å². The molecule has 5 heteroatoms. The SMILES string of the molecule is CCc1ccc(NC(=O)CN(C=O)C(=O)C2C(C)C3CCC2C32CC2)cc1. The first-order chi connectivity index (χ1) is 13.0. The molecule has 2 bridgehead atoms. The maximum absolute atomic E-state index is 13.1. The molecule has 1 spiro atoms. The van der Waals surface area contributed by atoms with Gasteiger partial charge in [0.2, 0.25) is 18.2 Å². The van der Waals surface area contributed by atoms with E-state index in [0.717, 1.165) is 17.7 Å². The fraction of sp³-hybridized carbons (Fsp3) is 0.591. The van der Waals surface area contributed by atoms with Gasteiger partial charge in [0.1, 0.15) is 6.54 Å². The molecule has 3 fully saturated rings. The van der Waals surface area contributed by atoms with Crippen molar-refractivity contribution in [2.75, 3.05) is 11.9 Å². The number of aryl methyl sites for hydroxylation is 1. The third kappa shape index (κ3) is 2.97. The van der Waals surface area contributed by atoms with Gasteiger partial charge in [0.05, 0.1) is 0 Å². The molecule has 4 unspecified atom stereocenters. The number of carbonyl (C=O) groups is 3. The summed E-state index contributed by atoms with van der Waals surface area (Å²) in [6.07, 6.45) is 6.22. The summed E-state index contributed by atoms with van der Waals surface area (Å²) in [7, 11) is 0. The van der Waals surface area contributed by atoms with Crippen LogP contribution in [-0.2, 0) is 20.8 Å². The second-order valence-electron chi connectivity index (χ2n) is 8.58. The third-order valence-electron chi connectivity index (χ3n) is 7.38. The molecule has 0 saturated heterocycles. The molecule has 0 aromatic heterocycles. The first kappa shape index (κ1) is 18.2. The van der Waals surface area contributed by atoms with E-state index in [9.17, 15) is 14.4 Å². The Kier molecular flexibility index (Phi) is 4.57. The van der Waals surface area contributed by atoms with Gasteiger partial charge in [-0.25, -0.2) is 0 Å². The molecule has 1 N–H and O–H groups in total. The van der Waals surface area contributed by atoms with Crippen molar-refractivity contribution in [1.82, 2.24) is 4.90 Å². The van der Waals surface area contributed by atoms with Gasteiger partial charge in [-0.3, -0.25) is 19.3 Å². The van der Waals surface area contributed by atoms with Crippen LogP contribution in [0.3, 0.4) is 0 Å². The summed E-state index contributed by atoms with van der Waals surface area (Å²) in [6.45, 7) is 4.01. The summed E-state index contributed by atoms with van der Waals surface area (Å²) >= 11 is 0. The number of hydrogen-bond donors (Lipinski definition) is 1. The summed E-state index contributed by atoms with van der Waals surface area (Å²) < 4.78 is 0. The van der Waals surface area contributed by atoms with Gasteiger partial charge in [-0.05, 0) is 73.0 Å². The van der Waals surface area contributed by atoms with Crippen molar-refractivity contribution in [2.45, 2.75) is 46.0 Å². The molecule has 27 heavy (non-hydrogen) atoms. The number of rotatable bonds is 6. The molecule has 5 nitrogen and oxygen atoms in total. The number of carbonyl (C=O) groups excluding carboxylic acids is 3. The van der Waals surface area contributed by atoms with E-state index in [0.29, 0.717) is 35.3 Å². The van der Waals surface area contributed by atoms with E-state index in [1.54, 1.807) is 0 Å². The van der Waals surface area contributed by atoms with Crippen molar-refractivity contribution < 1.29 is 14.4 Å². The zero-order valence-corrected chi connectivity index (χ0v) is 16.1. The van der Waals surface area contributed by atoms with E-state index < -0.39 is 0 Å². The topological polar surface area (TPSA) is 66.5 Å². The number of nitrogens with one attached hydrogen (secondary N) is 1. The van der Waals surface area contributed by atoms with Crippen LogP contribution in [0.4, 0.5) is 5.69 Å². The van der Waals surface area contributed by atoms with Gasteiger partial charge in [-0.15, -0.1) is 0 Å². The van der Waals surface area contributed by atoms with Crippen molar-refractivity contribution in [3.05, 3.63) is 29.8 Å². The Morgan fingerprint density at radius 3 is 2.41 bits per heavy atom.